The number of carbonyl (C=O) groups is 1. The van der Waals surface area contributed by atoms with Crippen LogP contribution in [0.25, 0.3) is 0 Å². The van der Waals surface area contributed by atoms with Crippen LogP contribution in [-0.4, -0.2) is 41.0 Å². The largest absolute Gasteiger partial charge is 0.385 e. The highest BCUT2D eigenvalue weighted by Crippen LogP contribution is 2.20. The number of hydrogen-bond donors (Lipinski definition) is 2. The molecule has 1 aromatic heterocycles. The Kier molecular flexibility index (Phi) is 4.04. The maximum atomic E-state index is 11.9. The normalized spacial score (nSPS) is 19.0. The predicted molar refractivity (Wildman–Crippen MR) is 75.9 cm³/mol. The highest BCUT2D eigenvalue weighted by molar-refractivity contribution is 5.86. The van der Waals surface area contributed by atoms with Gasteiger partial charge in [-0.05, 0) is 32.9 Å². The van der Waals surface area contributed by atoms with Crippen molar-refractivity contribution in [1.82, 2.24) is 15.2 Å². The zero-order valence-corrected chi connectivity index (χ0v) is 11.9. The topological polar surface area (TPSA) is 57.3 Å². The molecule has 0 spiro atoms. The highest BCUT2D eigenvalue weighted by atomic mass is 16.2. The van der Waals surface area contributed by atoms with Crippen LogP contribution < -0.4 is 10.6 Å². The fourth-order valence-corrected chi connectivity index (χ4v) is 2.29. The first-order valence-electron chi connectivity index (χ1n) is 6.76. The first kappa shape index (κ1) is 13.8. The van der Waals surface area contributed by atoms with Gasteiger partial charge in [0, 0.05) is 38.1 Å². The molecule has 2 N–H and O–H groups in total. The van der Waals surface area contributed by atoms with Gasteiger partial charge in [-0.1, -0.05) is 0 Å². The standard InChI is InChI=1S/C14H22N4O/c1-4-15-11-5-6-16-12(9-11)10-18-8-7-17-13(19)14(18,2)3/h5-6,9H,4,7-8,10H2,1-3H3,(H,15,16)(H,17,19). The summed E-state index contributed by atoms with van der Waals surface area (Å²) in [7, 11) is 0. The Morgan fingerprint density at radius 2 is 2.32 bits per heavy atom. The van der Waals surface area contributed by atoms with Crippen molar-refractivity contribution in [3.8, 4) is 0 Å². The molecule has 0 aliphatic carbocycles. The van der Waals surface area contributed by atoms with Crippen molar-refractivity contribution < 1.29 is 4.79 Å². The summed E-state index contributed by atoms with van der Waals surface area (Å²) in [5, 5.41) is 6.18. The number of nitrogens with zero attached hydrogens (tertiary/aromatic N) is 2. The Morgan fingerprint density at radius 3 is 3.05 bits per heavy atom. The highest BCUT2D eigenvalue weighted by Gasteiger charge is 2.37. The van der Waals surface area contributed by atoms with Gasteiger partial charge in [0.05, 0.1) is 11.2 Å². The summed E-state index contributed by atoms with van der Waals surface area (Å²) in [5.74, 6) is 0.0848. The Labute approximate surface area is 114 Å². The number of anilines is 1. The van der Waals surface area contributed by atoms with E-state index in [4.69, 9.17) is 0 Å². The minimum atomic E-state index is -0.478. The molecule has 1 aliphatic rings. The van der Waals surface area contributed by atoms with Crippen LogP contribution in [0.15, 0.2) is 18.3 Å². The van der Waals surface area contributed by atoms with E-state index in [1.54, 1.807) is 0 Å². The minimum absolute atomic E-state index is 0.0848. The van der Waals surface area contributed by atoms with Gasteiger partial charge in [0.25, 0.3) is 0 Å². The van der Waals surface area contributed by atoms with Gasteiger partial charge in [-0.2, -0.15) is 0 Å². The van der Waals surface area contributed by atoms with Crippen molar-refractivity contribution in [1.29, 1.82) is 0 Å². The molecule has 0 atom stereocenters. The van der Waals surface area contributed by atoms with E-state index in [2.05, 4.69) is 27.4 Å². The monoisotopic (exact) mass is 262 g/mol. The second-order valence-corrected chi connectivity index (χ2v) is 5.30. The molecule has 1 saturated heterocycles. The van der Waals surface area contributed by atoms with E-state index < -0.39 is 5.54 Å². The van der Waals surface area contributed by atoms with Crippen molar-refractivity contribution in [2.45, 2.75) is 32.9 Å². The molecular formula is C14H22N4O. The van der Waals surface area contributed by atoms with Gasteiger partial charge in [-0.15, -0.1) is 0 Å². The van der Waals surface area contributed by atoms with Crippen molar-refractivity contribution in [3.05, 3.63) is 24.0 Å². The summed E-state index contributed by atoms with van der Waals surface area (Å²) in [4.78, 5) is 18.5. The molecule has 2 heterocycles. The first-order valence-corrected chi connectivity index (χ1v) is 6.76. The number of nitrogens with one attached hydrogen (secondary N) is 2. The summed E-state index contributed by atoms with van der Waals surface area (Å²) in [6, 6.07) is 4.01. The van der Waals surface area contributed by atoms with Crippen LogP contribution in [0.1, 0.15) is 26.5 Å². The van der Waals surface area contributed by atoms with Gasteiger partial charge < -0.3 is 10.6 Å². The lowest BCUT2D eigenvalue weighted by Gasteiger charge is -2.40. The van der Waals surface area contributed by atoms with Gasteiger partial charge in [0.2, 0.25) is 5.91 Å². The van der Waals surface area contributed by atoms with Gasteiger partial charge in [-0.25, -0.2) is 0 Å². The molecule has 1 aromatic rings. The van der Waals surface area contributed by atoms with Crippen molar-refractivity contribution in [2.24, 2.45) is 0 Å². The number of amides is 1. The number of carbonyl (C=O) groups excluding carboxylic acids is 1. The number of rotatable bonds is 4. The second kappa shape index (κ2) is 5.57. The lowest BCUT2D eigenvalue weighted by molar-refractivity contribution is -0.135. The molecule has 0 unspecified atom stereocenters. The van der Waals surface area contributed by atoms with Crippen LogP contribution in [0.5, 0.6) is 0 Å². The fourth-order valence-electron chi connectivity index (χ4n) is 2.29. The van der Waals surface area contributed by atoms with Gasteiger partial charge in [0.15, 0.2) is 0 Å². The molecule has 0 radical (unpaired) electrons. The Balaban J connectivity index is 2.11. The summed E-state index contributed by atoms with van der Waals surface area (Å²) in [6.45, 7) is 9.12. The van der Waals surface area contributed by atoms with Gasteiger partial charge in [0.1, 0.15) is 0 Å². The Hall–Kier alpha value is -1.62. The average Bonchev–Trinajstić information content (AvgIpc) is 2.36. The molecule has 1 aliphatic heterocycles. The third kappa shape index (κ3) is 3.04. The maximum Gasteiger partial charge on any atom is 0.240 e. The lowest BCUT2D eigenvalue weighted by Crippen LogP contribution is -2.61. The smallest absolute Gasteiger partial charge is 0.240 e. The molecule has 5 nitrogen and oxygen atoms in total. The molecule has 0 bridgehead atoms. The van der Waals surface area contributed by atoms with Crippen LogP contribution in [0, 0.1) is 0 Å². The quantitative estimate of drug-likeness (QED) is 0.857. The predicted octanol–water partition coefficient (Wildman–Crippen LogP) is 1.22. The number of pyridine rings is 1. The van der Waals surface area contributed by atoms with Crippen LogP contribution in [-0.2, 0) is 11.3 Å². The van der Waals surface area contributed by atoms with E-state index in [0.29, 0.717) is 13.1 Å². The molecule has 1 fully saturated rings. The third-order valence-electron chi connectivity index (χ3n) is 3.56. The van der Waals surface area contributed by atoms with Crippen LogP contribution in [0.4, 0.5) is 5.69 Å². The second-order valence-electron chi connectivity index (χ2n) is 5.30. The molecule has 2 rings (SSSR count). The zero-order valence-electron chi connectivity index (χ0n) is 11.9. The molecular weight excluding hydrogens is 240 g/mol. The van der Waals surface area contributed by atoms with E-state index in [9.17, 15) is 4.79 Å². The Bertz CT molecular complexity index is 459. The van der Waals surface area contributed by atoms with Gasteiger partial charge in [-0.3, -0.25) is 14.7 Å². The molecule has 5 heteroatoms. The summed E-state index contributed by atoms with van der Waals surface area (Å²) < 4.78 is 0. The summed E-state index contributed by atoms with van der Waals surface area (Å²) >= 11 is 0. The zero-order chi connectivity index (χ0) is 13.9. The van der Waals surface area contributed by atoms with E-state index in [0.717, 1.165) is 24.5 Å². The van der Waals surface area contributed by atoms with Crippen LogP contribution in [0.3, 0.4) is 0 Å². The van der Waals surface area contributed by atoms with Crippen molar-refractivity contribution >= 4 is 11.6 Å². The van der Waals surface area contributed by atoms with E-state index in [-0.39, 0.29) is 5.91 Å². The van der Waals surface area contributed by atoms with Crippen molar-refractivity contribution in [2.75, 3.05) is 25.0 Å². The SMILES string of the molecule is CCNc1ccnc(CN2CCNC(=O)C2(C)C)c1. The first-order chi connectivity index (χ1) is 9.04. The fraction of sp³-hybridized carbons (Fsp3) is 0.571. The van der Waals surface area contributed by atoms with Crippen molar-refractivity contribution in [3.63, 3.8) is 0 Å². The van der Waals surface area contributed by atoms with Crippen LogP contribution in [0.2, 0.25) is 0 Å². The summed E-state index contributed by atoms with van der Waals surface area (Å²) in [5.41, 5.74) is 1.58. The molecule has 19 heavy (non-hydrogen) atoms. The lowest BCUT2D eigenvalue weighted by atomic mass is 9.98. The molecule has 0 saturated carbocycles. The Morgan fingerprint density at radius 1 is 1.53 bits per heavy atom. The molecule has 1 amide bonds. The average molecular weight is 262 g/mol. The van der Waals surface area contributed by atoms with Crippen LogP contribution >= 0.6 is 0 Å². The molecule has 104 valence electrons. The number of hydrogen-bond acceptors (Lipinski definition) is 4. The van der Waals surface area contributed by atoms with E-state index in [1.165, 1.54) is 0 Å². The van der Waals surface area contributed by atoms with E-state index >= 15 is 0 Å². The minimum Gasteiger partial charge on any atom is -0.385 e. The third-order valence-corrected chi connectivity index (χ3v) is 3.56. The number of aromatic nitrogens is 1. The van der Waals surface area contributed by atoms with E-state index in [1.807, 2.05) is 32.2 Å². The summed E-state index contributed by atoms with van der Waals surface area (Å²) in [6.07, 6.45) is 1.81. The molecule has 0 aromatic carbocycles. The maximum absolute atomic E-state index is 11.9. The number of piperazine rings is 1. The van der Waals surface area contributed by atoms with Gasteiger partial charge >= 0.3 is 0 Å².